The summed E-state index contributed by atoms with van der Waals surface area (Å²) in [5.41, 5.74) is 2.50. The lowest BCUT2D eigenvalue weighted by atomic mass is 9.92. The smallest absolute Gasteiger partial charge is 0.0659 e. The highest BCUT2D eigenvalue weighted by atomic mass is 35.5. The van der Waals surface area contributed by atoms with Gasteiger partial charge in [0.05, 0.1) is 10.7 Å². The molecule has 0 bridgehead atoms. The van der Waals surface area contributed by atoms with Crippen molar-refractivity contribution in [3.8, 4) is 0 Å². The van der Waals surface area contributed by atoms with Crippen molar-refractivity contribution in [2.24, 2.45) is 5.41 Å². The number of hydrogen-bond donors (Lipinski definition) is 1. The van der Waals surface area contributed by atoms with E-state index in [4.69, 9.17) is 11.6 Å². The van der Waals surface area contributed by atoms with Gasteiger partial charge in [-0.05, 0) is 30.0 Å². The standard InChI is InChI=1S/C14H23ClN2/c1-14(2,3)8-9-16-11-6-7-13(17(4)5)12(15)10-11/h6-7,10,16H,8-9H2,1-5H3. The maximum Gasteiger partial charge on any atom is 0.0659 e. The van der Waals surface area contributed by atoms with Gasteiger partial charge < -0.3 is 10.2 Å². The lowest BCUT2D eigenvalue weighted by Crippen LogP contribution is -2.13. The minimum Gasteiger partial charge on any atom is -0.385 e. The second-order valence-electron chi connectivity index (χ2n) is 5.80. The van der Waals surface area contributed by atoms with Crippen LogP contribution >= 0.6 is 11.6 Å². The Labute approximate surface area is 110 Å². The van der Waals surface area contributed by atoms with E-state index in [9.17, 15) is 0 Å². The molecule has 2 nitrogen and oxygen atoms in total. The fraction of sp³-hybridized carbons (Fsp3) is 0.571. The molecule has 3 heteroatoms. The molecule has 0 amide bonds. The number of nitrogens with one attached hydrogen (secondary N) is 1. The summed E-state index contributed by atoms with van der Waals surface area (Å²) in [6.07, 6.45) is 1.14. The predicted octanol–water partition coefficient (Wildman–Crippen LogP) is 4.25. The number of halogens is 1. The number of anilines is 2. The second-order valence-corrected chi connectivity index (χ2v) is 6.21. The van der Waals surface area contributed by atoms with Gasteiger partial charge in [0.2, 0.25) is 0 Å². The van der Waals surface area contributed by atoms with Crippen LogP contribution in [-0.2, 0) is 0 Å². The van der Waals surface area contributed by atoms with Crippen molar-refractivity contribution < 1.29 is 0 Å². The molecule has 0 aliphatic carbocycles. The van der Waals surface area contributed by atoms with Gasteiger partial charge in [0.25, 0.3) is 0 Å². The van der Waals surface area contributed by atoms with Gasteiger partial charge in [0, 0.05) is 26.3 Å². The molecule has 1 aromatic rings. The fourth-order valence-corrected chi connectivity index (χ4v) is 1.91. The van der Waals surface area contributed by atoms with Crippen LogP contribution in [0.25, 0.3) is 0 Å². The molecule has 0 heterocycles. The number of hydrogen-bond acceptors (Lipinski definition) is 2. The third-order valence-corrected chi connectivity index (χ3v) is 2.94. The molecule has 0 radical (unpaired) electrons. The normalized spacial score (nSPS) is 11.4. The van der Waals surface area contributed by atoms with Gasteiger partial charge >= 0.3 is 0 Å². The fourth-order valence-electron chi connectivity index (χ4n) is 1.56. The van der Waals surface area contributed by atoms with Crippen molar-refractivity contribution in [2.75, 3.05) is 30.9 Å². The van der Waals surface area contributed by atoms with E-state index in [2.05, 4.69) is 32.2 Å². The quantitative estimate of drug-likeness (QED) is 0.864. The second kappa shape index (κ2) is 5.63. The first-order chi connectivity index (χ1) is 7.79. The van der Waals surface area contributed by atoms with E-state index >= 15 is 0 Å². The zero-order valence-corrected chi connectivity index (χ0v) is 12.2. The zero-order chi connectivity index (χ0) is 13.1. The van der Waals surface area contributed by atoms with Gasteiger partial charge in [0.15, 0.2) is 0 Å². The molecule has 0 saturated carbocycles. The molecule has 0 atom stereocenters. The van der Waals surface area contributed by atoms with E-state index in [1.54, 1.807) is 0 Å². The van der Waals surface area contributed by atoms with Crippen LogP contribution in [-0.4, -0.2) is 20.6 Å². The first-order valence-electron chi connectivity index (χ1n) is 6.00. The van der Waals surface area contributed by atoms with Crippen molar-refractivity contribution in [3.05, 3.63) is 23.2 Å². The van der Waals surface area contributed by atoms with Gasteiger partial charge in [-0.3, -0.25) is 0 Å². The van der Waals surface area contributed by atoms with Crippen molar-refractivity contribution in [2.45, 2.75) is 27.2 Å². The summed E-state index contributed by atoms with van der Waals surface area (Å²) in [6.45, 7) is 7.71. The Hall–Kier alpha value is -0.890. The summed E-state index contributed by atoms with van der Waals surface area (Å²) in [5, 5.41) is 4.19. The summed E-state index contributed by atoms with van der Waals surface area (Å²) in [4.78, 5) is 2.02. The molecule has 0 aromatic heterocycles. The summed E-state index contributed by atoms with van der Waals surface area (Å²) < 4.78 is 0. The first kappa shape index (κ1) is 14.2. The van der Waals surface area contributed by atoms with E-state index in [1.165, 1.54) is 0 Å². The Morgan fingerprint density at radius 2 is 1.88 bits per heavy atom. The third kappa shape index (κ3) is 4.86. The Bertz CT molecular complexity index is 367. The molecule has 1 rings (SSSR count). The molecule has 1 N–H and O–H groups in total. The first-order valence-corrected chi connectivity index (χ1v) is 6.38. The van der Waals surface area contributed by atoms with Crippen LogP contribution in [0, 0.1) is 5.41 Å². The minimum absolute atomic E-state index is 0.361. The SMILES string of the molecule is CN(C)c1ccc(NCCC(C)(C)C)cc1Cl. The number of benzene rings is 1. The van der Waals surface area contributed by atoms with Crippen LogP contribution in [0.2, 0.25) is 5.02 Å². The maximum absolute atomic E-state index is 6.21. The summed E-state index contributed by atoms with van der Waals surface area (Å²) in [6, 6.07) is 6.10. The molecule has 17 heavy (non-hydrogen) atoms. The van der Waals surface area contributed by atoms with Gasteiger partial charge in [-0.15, -0.1) is 0 Å². The van der Waals surface area contributed by atoms with Gasteiger partial charge in [-0.1, -0.05) is 32.4 Å². The molecule has 0 fully saturated rings. The van der Waals surface area contributed by atoms with E-state index < -0.39 is 0 Å². The van der Waals surface area contributed by atoms with E-state index in [0.717, 1.165) is 29.4 Å². The van der Waals surface area contributed by atoms with Crippen molar-refractivity contribution >= 4 is 23.0 Å². The minimum atomic E-state index is 0.361. The molecule has 96 valence electrons. The molecular weight excluding hydrogens is 232 g/mol. The van der Waals surface area contributed by atoms with Crippen molar-refractivity contribution in [1.29, 1.82) is 0 Å². The predicted molar refractivity (Wildman–Crippen MR) is 78.3 cm³/mol. The van der Waals surface area contributed by atoms with E-state index in [0.29, 0.717) is 5.41 Å². The third-order valence-electron chi connectivity index (χ3n) is 2.63. The Balaban J connectivity index is 2.59. The van der Waals surface area contributed by atoms with Crippen LogP contribution in [0.4, 0.5) is 11.4 Å². The van der Waals surface area contributed by atoms with Crippen LogP contribution < -0.4 is 10.2 Å². The highest BCUT2D eigenvalue weighted by molar-refractivity contribution is 6.33. The van der Waals surface area contributed by atoms with Crippen LogP contribution in [0.5, 0.6) is 0 Å². The lowest BCUT2D eigenvalue weighted by Gasteiger charge is -2.19. The molecule has 0 spiro atoms. The summed E-state index contributed by atoms with van der Waals surface area (Å²) in [5.74, 6) is 0. The molecule has 0 unspecified atom stereocenters. The zero-order valence-electron chi connectivity index (χ0n) is 11.5. The molecule has 1 aromatic carbocycles. The van der Waals surface area contributed by atoms with Crippen LogP contribution in [0.1, 0.15) is 27.2 Å². The Morgan fingerprint density at radius 1 is 1.24 bits per heavy atom. The van der Waals surface area contributed by atoms with E-state index in [-0.39, 0.29) is 0 Å². The largest absolute Gasteiger partial charge is 0.385 e. The monoisotopic (exact) mass is 254 g/mol. The lowest BCUT2D eigenvalue weighted by molar-refractivity contribution is 0.390. The topological polar surface area (TPSA) is 15.3 Å². The van der Waals surface area contributed by atoms with E-state index in [1.807, 2.05) is 31.1 Å². The number of nitrogens with zero attached hydrogens (tertiary/aromatic N) is 1. The molecule has 0 aliphatic heterocycles. The van der Waals surface area contributed by atoms with Gasteiger partial charge in [0.1, 0.15) is 0 Å². The van der Waals surface area contributed by atoms with Crippen LogP contribution in [0.15, 0.2) is 18.2 Å². The van der Waals surface area contributed by atoms with Gasteiger partial charge in [-0.2, -0.15) is 0 Å². The van der Waals surface area contributed by atoms with Crippen molar-refractivity contribution in [1.82, 2.24) is 0 Å². The maximum atomic E-state index is 6.21. The molecule has 0 aliphatic rings. The van der Waals surface area contributed by atoms with Crippen LogP contribution in [0.3, 0.4) is 0 Å². The highest BCUT2D eigenvalue weighted by Gasteiger charge is 2.09. The highest BCUT2D eigenvalue weighted by Crippen LogP contribution is 2.27. The summed E-state index contributed by atoms with van der Waals surface area (Å²) >= 11 is 6.21. The molecule has 0 saturated heterocycles. The summed E-state index contributed by atoms with van der Waals surface area (Å²) in [7, 11) is 3.99. The van der Waals surface area contributed by atoms with Crippen molar-refractivity contribution in [3.63, 3.8) is 0 Å². The number of rotatable bonds is 4. The molecular formula is C14H23ClN2. The average Bonchev–Trinajstić information content (AvgIpc) is 2.15. The Kier molecular flexibility index (Phi) is 4.70. The average molecular weight is 255 g/mol. The van der Waals surface area contributed by atoms with Gasteiger partial charge in [-0.25, -0.2) is 0 Å². The Morgan fingerprint density at radius 3 is 2.35 bits per heavy atom.